The lowest BCUT2D eigenvalue weighted by atomic mass is 10.00. The fraction of sp³-hybridized carbons (Fsp3) is 0.400. The molecular weight excluding hydrogens is 736 g/mol. The number of hydrogen-bond acceptors (Lipinski definition) is 8. The van der Waals surface area contributed by atoms with Crippen LogP contribution in [0.15, 0.2) is 79.0 Å². The third-order valence-electron chi connectivity index (χ3n) is 10.2. The monoisotopic (exact) mass is 792 g/mol. The Bertz CT molecular complexity index is 2100. The van der Waals surface area contributed by atoms with Crippen LogP contribution < -0.4 is 21.3 Å². The first-order valence-electron chi connectivity index (χ1n) is 20.2. The molecule has 0 atom stereocenters. The summed E-state index contributed by atoms with van der Waals surface area (Å²) in [6.45, 7) is 12.0. The first kappa shape index (κ1) is 43.5. The molecule has 12 nitrogen and oxygen atoms in total. The molecule has 2 aliphatic rings. The topological polar surface area (TPSA) is 143 Å². The SMILES string of the molecule is CCc1nc2c(cnn2CC)c(NC2CCOCC2)c1CNC(C)=O.CNC=O.O=C(NCc1ccc(F)c(-c2cccc(CN3CCCC3)c2)c1)c1ccccc1. The van der Waals surface area contributed by atoms with Gasteiger partial charge in [0.05, 0.1) is 17.3 Å². The number of likely N-dealkylation sites (tertiary alicyclic amines) is 1. The van der Waals surface area contributed by atoms with Crippen molar-refractivity contribution >= 4 is 34.9 Å². The van der Waals surface area contributed by atoms with Crippen LogP contribution in [0.4, 0.5) is 10.1 Å². The minimum Gasteiger partial charge on any atom is -0.381 e. The number of ether oxygens (including phenoxy) is 1. The fourth-order valence-corrected chi connectivity index (χ4v) is 7.13. The number of anilines is 1. The minimum atomic E-state index is -0.249. The maximum Gasteiger partial charge on any atom is 0.251 e. The number of carbonyl (C=O) groups is 3. The second-order valence-electron chi connectivity index (χ2n) is 14.4. The molecule has 0 saturated carbocycles. The van der Waals surface area contributed by atoms with Crippen molar-refractivity contribution in [3.05, 3.63) is 113 Å². The predicted octanol–water partition coefficient (Wildman–Crippen LogP) is 6.62. The summed E-state index contributed by atoms with van der Waals surface area (Å²) in [7, 11) is 1.56. The van der Waals surface area contributed by atoms with Gasteiger partial charge >= 0.3 is 0 Å². The molecule has 13 heteroatoms. The van der Waals surface area contributed by atoms with E-state index < -0.39 is 0 Å². The molecular formula is C45H57FN8O4. The zero-order valence-corrected chi connectivity index (χ0v) is 34.2. The molecule has 58 heavy (non-hydrogen) atoms. The number of nitrogens with zero attached hydrogens (tertiary/aromatic N) is 4. The molecule has 308 valence electrons. The molecule has 4 heterocycles. The molecule has 2 saturated heterocycles. The smallest absolute Gasteiger partial charge is 0.251 e. The number of benzene rings is 3. The third kappa shape index (κ3) is 12.2. The van der Waals surface area contributed by atoms with Crippen LogP contribution in [0.3, 0.4) is 0 Å². The van der Waals surface area contributed by atoms with E-state index in [1.165, 1.54) is 31.4 Å². The molecule has 0 radical (unpaired) electrons. The van der Waals surface area contributed by atoms with Gasteiger partial charge in [-0.1, -0.05) is 49.4 Å². The van der Waals surface area contributed by atoms with Crippen LogP contribution in [0.2, 0.25) is 0 Å². The van der Waals surface area contributed by atoms with Crippen molar-refractivity contribution in [1.82, 2.24) is 35.6 Å². The summed E-state index contributed by atoms with van der Waals surface area (Å²) < 4.78 is 22.0. The van der Waals surface area contributed by atoms with Gasteiger partial charge in [-0.3, -0.25) is 19.3 Å². The Morgan fingerprint density at radius 2 is 1.67 bits per heavy atom. The molecule has 2 aromatic heterocycles. The molecule has 5 aromatic rings. The molecule has 0 spiro atoms. The summed E-state index contributed by atoms with van der Waals surface area (Å²) in [6, 6.07) is 22.6. The van der Waals surface area contributed by atoms with Crippen LogP contribution >= 0.6 is 0 Å². The average molecular weight is 793 g/mol. The molecule has 3 amide bonds. The van der Waals surface area contributed by atoms with E-state index in [4.69, 9.17) is 14.5 Å². The van der Waals surface area contributed by atoms with Gasteiger partial charge in [-0.15, -0.1) is 0 Å². The Balaban J connectivity index is 0.000000204. The number of pyridine rings is 1. The first-order chi connectivity index (χ1) is 28.2. The Kier molecular flexibility index (Phi) is 16.7. The number of rotatable bonds is 13. The van der Waals surface area contributed by atoms with E-state index in [9.17, 15) is 14.0 Å². The van der Waals surface area contributed by atoms with E-state index in [1.807, 2.05) is 47.3 Å². The van der Waals surface area contributed by atoms with Crippen LogP contribution in [0.25, 0.3) is 22.2 Å². The molecule has 7 rings (SSSR count). The maximum absolute atomic E-state index is 14.6. The van der Waals surface area contributed by atoms with Crippen LogP contribution in [0, 0.1) is 5.82 Å². The third-order valence-corrected chi connectivity index (χ3v) is 10.2. The minimum absolute atomic E-state index is 0.0385. The average Bonchev–Trinajstić information content (AvgIpc) is 3.93. The highest BCUT2D eigenvalue weighted by molar-refractivity contribution is 5.94. The van der Waals surface area contributed by atoms with Gasteiger partial charge in [0.25, 0.3) is 5.91 Å². The van der Waals surface area contributed by atoms with Crippen LogP contribution in [-0.4, -0.2) is 77.3 Å². The zero-order chi connectivity index (χ0) is 41.3. The second kappa shape index (κ2) is 22.3. The summed E-state index contributed by atoms with van der Waals surface area (Å²) in [6.07, 6.45) is 7.78. The Morgan fingerprint density at radius 1 is 0.931 bits per heavy atom. The van der Waals surface area contributed by atoms with Crippen molar-refractivity contribution in [2.75, 3.05) is 38.7 Å². The van der Waals surface area contributed by atoms with E-state index in [2.05, 4.69) is 57.2 Å². The van der Waals surface area contributed by atoms with Crippen molar-refractivity contribution in [3.63, 3.8) is 0 Å². The number of carbonyl (C=O) groups excluding carboxylic acids is 3. The largest absolute Gasteiger partial charge is 0.381 e. The highest BCUT2D eigenvalue weighted by Crippen LogP contribution is 2.31. The van der Waals surface area contributed by atoms with E-state index >= 15 is 0 Å². The van der Waals surface area contributed by atoms with Gasteiger partial charge in [-0.05, 0) is 99.1 Å². The maximum atomic E-state index is 14.6. The van der Waals surface area contributed by atoms with Crippen molar-refractivity contribution < 1.29 is 23.5 Å². The normalized spacial score (nSPS) is 14.1. The Labute approximate surface area is 340 Å². The molecule has 2 aliphatic heterocycles. The second-order valence-corrected chi connectivity index (χ2v) is 14.4. The zero-order valence-electron chi connectivity index (χ0n) is 34.2. The lowest BCUT2D eigenvalue weighted by molar-refractivity contribution is -0.119. The van der Waals surface area contributed by atoms with Crippen molar-refractivity contribution in [3.8, 4) is 11.1 Å². The Morgan fingerprint density at radius 3 is 2.34 bits per heavy atom. The number of halogens is 1. The van der Waals surface area contributed by atoms with Crippen molar-refractivity contribution in [2.24, 2.45) is 0 Å². The van der Waals surface area contributed by atoms with Crippen LogP contribution in [-0.2, 0) is 46.9 Å². The van der Waals surface area contributed by atoms with Gasteiger partial charge < -0.3 is 26.0 Å². The summed E-state index contributed by atoms with van der Waals surface area (Å²) in [4.78, 5) is 40.0. The number of fused-ring (bicyclic) bond motifs is 1. The highest BCUT2D eigenvalue weighted by Gasteiger charge is 2.22. The van der Waals surface area contributed by atoms with Gasteiger partial charge in [0.1, 0.15) is 5.82 Å². The quantitative estimate of drug-likeness (QED) is 0.0976. The summed E-state index contributed by atoms with van der Waals surface area (Å²) in [5.41, 5.74) is 8.16. The van der Waals surface area contributed by atoms with Gasteiger partial charge in [-0.2, -0.15) is 5.10 Å². The van der Waals surface area contributed by atoms with Gasteiger partial charge in [0, 0.05) is 81.8 Å². The van der Waals surface area contributed by atoms with E-state index in [0.717, 1.165) is 97.8 Å². The number of hydrogen-bond donors (Lipinski definition) is 4. The standard InChI is InChI=1S/C25H25FN2O.C18H27N5O2.C2H5NO/c26-24-12-11-19(17-27-25(29)21-8-2-1-3-9-21)16-23(24)22-10-6-7-20(15-22)18-28-13-4-5-14-28;1-4-16-14(10-19-12(3)24)17(21-13-6-8-25-9-7-13)15-11-20-23(5-2)18(15)22-16;1-3-2-4/h1-3,6-12,15-16H,4-5,13-14,17-18H2,(H,27,29);11,13H,4-10H2,1-3H3,(H,19,24)(H,21,22);2H,1H3,(H,3,4). The van der Waals surface area contributed by atoms with E-state index in [0.29, 0.717) is 36.7 Å². The van der Waals surface area contributed by atoms with Gasteiger partial charge in [0.15, 0.2) is 5.65 Å². The lowest BCUT2D eigenvalue weighted by Gasteiger charge is -2.26. The van der Waals surface area contributed by atoms with Crippen molar-refractivity contribution in [1.29, 1.82) is 0 Å². The molecule has 0 aliphatic carbocycles. The number of aromatic nitrogens is 3. The number of aryl methyl sites for hydroxylation is 2. The summed E-state index contributed by atoms with van der Waals surface area (Å²) in [5, 5.41) is 17.3. The van der Waals surface area contributed by atoms with E-state index in [1.54, 1.807) is 25.2 Å². The summed E-state index contributed by atoms with van der Waals surface area (Å²) in [5.74, 6) is -0.422. The fourth-order valence-electron chi connectivity index (χ4n) is 7.13. The van der Waals surface area contributed by atoms with Crippen LogP contribution in [0.1, 0.15) is 79.2 Å². The summed E-state index contributed by atoms with van der Waals surface area (Å²) >= 11 is 0. The van der Waals surface area contributed by atoms with Crippen LogP contribution in [0.5, 0.6) is 0 Å². The molecule has 2 fully saturated rings. The number of nitrogens with one attached hydrogen (secondary N) is 4. The predicted molar refractivity (Wildman–Crippen MR) is 227 cm³/mol. The molecule has 0 bridgehead atoms. The van der Waals surface area contributed by atoms with E-state index in [-0.39, 0.29) is 17.6 Å². The van der Waals surface area contributed by atoms with Gasteiger partial charge in [-0.25, -0.2) is 14.1 Å². The Hall–Kier alpha value is -5.66. The molecule has 0 unspecified atom stereocenters. The molecule has 3 aromatic carbocycles. The van der Waals surface area contributed by atoms with Gasteiger partial charge in [0.2, 0.25) is 12.3 Å². The van der Waals surface area contributed by atoms with Crippen molar-refractivity contribution in [2.45, 2.75) is 85.1 Å². The molecule has 4 N–H and O–H groups in total. The highest BCUT2D eigenvalue weighted by atomic mass is 19.1. The number of amides is 3. The first-order valence-corrected chi connectivity index (χ1v) is 20.2. The lowest BCUT2D eigenvalue weighted by Crippen LogP contribution is -2.29.